The number of hydrogen-bond acceptors (Lipinski definition) is 4. The molecule has 7 heteroatoms. The summed E-state index contributed by atoms with van der Waals surface area (Å²) in [4.78, 5) is 18.1. The van der Waals surface area contributed by atoms with E-state index in [2.05, 4.69) is 12.2 Å². The molecule has 2 unspecified atom stereocenters. The maximum atomic E-state index is 9.07. The highest BCUT2D eigenvalue weighted by molar-refractivity contribution is 8.86. The van der Waals surface area contributed by atoms with Crippen molar-refractivity contribution in [2.24, 2.45) is 5.92 Å². The molecule has 80 valence electrons. The maximum Gasteiger partial charge on any atom is 0.387 e. The fourth-order valence-electron chi connectivity index (χ4n) is 0.986. The monoisotopic (exact) mass is 291 g/mol. The van der Waals surface area contributed by atoms with E-state index in [0.29, 0.717) is 10.8 Å². The highest BCUT2D eigenvalue weighted by atomic mass is 35.5. The molecule has 0 amide bonds. The van der Waals surface area contributed by atoms with Crippen molar-refractivity contribution in [2.75, 3.05) is 5.75 Å². The molecule has 0 aliphatic heterocycles. The van der Waals surface area contributed by atoms with Crippen LogP contribution in [0.25, 0.3) is 0 Å². The molecule has 0 bridgehead atoms. The molecule has 2 nitrogen and oxygen atoms in total. The van der Waals surface area contributed by atoms with Crippen LogP contribution in [0.3, 0.4) is 0 Å². The Morgan fingerprint density at radius 1 is 1.57 bits per heavy atom. The Bertz CT molecular complexity index is 265. The summed E-state index contributed by atoms with van der Waals surface area (Å²) in [6.07, 6.45) is 2.31. The van der Waals surface area contributed by atoms with Crippen LogP contribution < -0.4 is 0 Å². The lowest BCUT2D eigenvalue weighted by atomic mass is 10.0. The summed E-state index contributed by atoms with van der Waals surface area (Å²) in [6, 6.07) is 0. The van der Waals surface area contributed by atoms with Crippen molar-refractivity contribution in [3.63, 3.8) is 0 Å². The van der Waals surface area contributed by atoms with Crippen LogP contribution in [0.2, 0.25) is 0 Å². The summed E-state index contributed by atoms with van der Waals surface area (Å²) in [5.74, 6) is 0.588. The van der Waals surface area contributed by atoms with Crippen molar-refractivity contribution in [1.82, 2.24) is 0 Å². The van der Waals surface area contributed by atoms with Crippen LogP contribution in [0, 0.1) is 5.92 Å². The van der Waals surface area contributed by atoms with E-state index < -0.39 is 6.12 Å². The zero-order chi connectivity index (χ0) is 10.8. The van der Waals surface area contributed by atoms with Crippen LogP contribution >= 0.6 is 53.0 Å². The molecule has 0 aromatic carbocycles. The van der Waals surface area contributed by atoms with E-state index >= 15 is 0 Å². The first-order chi connectivity index (χ1) is 6.38. The molecule has 0 heterocycles. The third-order valence-corrected chi connectivity index (χ3v) is 5.78. The topological polar surface area (TPSA) is 40.5 Å². The van der Waals surface area contributed by atoms with E-state index in [9.17, 15) is 0 Å². The molecule has 0 fully saturated rings. The second-order valence-corrected chi connectivity index (χ2v) is 10.2. The number of thiol groups is 1. The number of hydrogen-bond donors (Lipinski definition) is 3. The van der Waals surface area contributed by atoms with Gasteiger partial charge < -0.3 is 0 Å². The fourth-order valence-corrected chi connectivity index (χ4v) is 4.08. The van der Waals surface area contributed by atoms with Gasteiger partial charge in [0.2, 0.25) is 0 Å². The van der Waals surface area contributed by atoms with Crippen molar-refractivity contribution in [3.05, 3.63) is 23.3 Å². The lowest BCUT2D eigenvalue weighted by Gasteiger charge is -2.18. The van der Waals surface area contributed by atoms with Crippen molar-refractivity contribution in [2.45, 2.75) is 5.38 Å². The van der Waals surface area contributed by atoms with Crippen LogP contribution in [0.5, 0.6) is 0 Å². The Labute approximate surface area is 103 Å². The normalized spacial score (nSPS) is 27.6. The first kappa shape index (κ1) is 13.2. The van der Waals surface area contributed by atoms with Gasteiger partial charge >= 0.3 is 6.12 Å². The van der Waals surface area contributed by atoms with E-state index in [1.165, 1.54) is 0 Å². The van der Waals surface area contributed by atoms with Crippen LogP contribution in [-0.4, -0.2) is 20.9 Å². The average molecular weight is 292 g/mol. The van der Waals surface area contributed by atoms with Crippen LogP contribution in [0.1, 0.15) is 0 Å². The van der Waals surface area contributed by atoms with Crippen molar-refractivity contribution >= 4 is 53.0 Å². The molecule has 2 atom stereocenters. The second kappa shape index (κ2) is 5.44. The predicted molar refractivity (Wildman–Crippen MR) is 69.0 cm³/mol. The Kier molecular flexibility index (Phi) is 5.12. The Morgan fingerprint density at radius 2 is 2.21 bits per heavy atom. The van der Waals surface area contributed by atoms with Crippen LogP contribution in [0.4, 0.5) is 0 Å². The maximum absolute atomic E-state index is 9.07. The first-order valence-electron chi connectivity index (χ1n) is 3.80. The minimum absolute atomic E-state index is 0.0648. The van der Waals surface area contributed by atoms with Crippen LogP contribution in [0.15, 0.2) is 23.3 Å². The van der Waals surface area contributed by atoms with Crippen LogP contribution in [-0.2, 0) is 0 Å². The molecule has 0 spiro atoms. The summed E-state index contributed by atoms with van der Waals surface area (Å²) in [7, 11) is 0. The summed E-state index contributed by atoms with van der Waals surface area (Å²) in [6.45, 7) is 0. The molecule has 0 saturated heterocycles. The molecule has 0 saturated carbocycles. The summed E-state index contributed by atoms with van der Waals surface area (Å²) < 4.78 is 0. The number of rotatable bonds is 3. The fraction of sp³-hybridized carbons (Fsp3) is 0.429. The van der Waals surface area contributed by atoms with Gasteiger partial charge in [0.05, 0.1) is 29.0 Å². The van der Waals surface area contributed by atoms with E-state index in [1.807, 2.05) is 6.08 Å². The van der Waals surface area contributed by atoms with Gasteiger partial charge in [-0.05, 0) is 12.2 Å². The molecule has 1 rings (SSSR count). The lowest BCUT2D eigenvalue weighted by Crippen LogP contribution is -2.15. The molecule has 0 aromatic heterocycles. The van der Waals surface area contributed by atoms with E-state index in [1.54, 1.807) is 12.2 Å². The molecule has 0 aromatic rings. The lowest BCUT2D eigenvalue weighted by molar-refractivity contribution is 0.498. The van der Waals surface area contributed by atoms with Gasteiger partial charge in [0.1, 0.15) is 0 Å². The van der Waals surface area contributed by atoms with E-state index in [4.69, 9.17) is 33.0 Å². The SMILES string of the molecule is O[P+](O)(S)SCC1C=CC(Cl)=CC1Cl. The molecule has 0 radical (unpaired) electrons. The van der Waals surface area contributed by atoms with Gasteiger partial charge in [0, 0.05) is 16.7 Å². The van der Waals surface area contributed by atoms with Gasteiger partial charge in [-0.25, -0.2) is 0 Å². The summed E-state index contributed by atoms with van der Waals surface area (Å²) in [5, 5.41) is 0.422. The van der Waals surface area contributed by atoms with Crippen molar-refractivity contribution in [1.29, 1.82) is 0 Å². The van der Waals surface area contributed by atoms with Gasteiger partial charge in [-0.3, -0.25) is 0 Å². The highest BCUT2D eigenvalue weighted by Gasteiger charge is 2.32. The first-order valence-corrected chi connectivity index (χ1v) is 9.05. The highest BCUT2D eigenvalue weighted by Crippen LogP contribution is 2.67. The van der Waals surface area contributed by atoms with Gasteiger partial charge in [0.25, 0.3) is 0 Å². The number of allylic oxidation sites excluding steroid dienone is 4. The second-order valence-electron chi connectivity index (χ2n) is 2.83. The quantitative estimate of drug-likeness (QED) is 0.425. The third kappa shape index (κ3) is 4.75. The van der Waals surface area contributed by atoms with Gasteiger partial charge in [-0.15, -0.1) is 11.6 Å². The predicted octanol–water partition coefficient (Wildman–Crippen LogP) is 3.23. The van der Waals surface area contributed by atoms with Gasteiger partial charge in [-0.2, -0.15) is 9.79 Å². The average Bonchev–Trinajstić information content (AvgIpc) is 2.00. The number of halogens is 2. The summed E-state index contributed by atoms with van der Waals surface area (Å²) >= 11 is 16.4. The zero-order valence-corrected chi connectivity index (χ0v) is 11.2. The largest absolute Gasteiger partial charge is 0.387 e. The zero-order valence-electron chi connectivity index (χ0n) is 7.05. The van der Waals surface area contributed by atoms with Crippen molar-refractivity contribution < 1.29 is 9.79 Å². The molecule has 14 heavy (non-hydrogen) atoms. The van der Waals surface area contributed by atoms with Gasteiger partial charge in [0.15, 0.2) is 0 Å². The molecular formula is C7H10Cl2O2PS2+. The minimum atomic E-state index is -3.06. The Morgan fingerprint density at radius 3 is 2.71 bits per heavy atom. The molecular weight excluding hydrogens is 282 g/mol. The Balaban J connectivity index is 2.45. The Hall–Kier alpha value is 1.11. The number of alkyl halides is 1. The summed E-state index contributed by atoms with van der Waals surface area (Å²) in [5.41, 5.74) is 0. The molecule has 2 N–H and O–H groups in total. The standard InChI is InChI=1S/C7H10Cl2O2PS2/c8-6-2-1-5(7(9)3-6)4-14-12(10,11)13/h1-3,5,7,10-11,13H,4H2/q+1. The van der Waals surface area contributed by atoms with E-state index in [0.717, 1.165) is 11.4 Å². The van der Waals surface area contributed by atoms with Gasteiger partial charge in [-0.1, -0.05) is 17.7 Å². The van der Waals surface area contributed by atoms with Crippen molar-refractivity contribution in [3.8, 4) is 0 Å². The molecule has 1 aliphatic rings. The third-order valence-electron chi connectivity index (χ3n) is 1.67. The minimum Gasteiger partial charge on any atom is -0.198 e. The van der Waals surface area contributed by atoms with E-state index in [-0.39, 0.29) is 11.3 Å². The molecule has 1 aliphatic carbocycles. The smallest absolute Gasteiger partial charge is 0.198 e.